The zero-order valence-electron chi connectivity index (χ0n) is 16.0. The van der Waals surface area contributed by atoms with Gasteiger partial charge in [0, 0.05) is 19.7 Å². The highest BCUT2D eigenvalue weighted by molar-refractivity contribution is 5.94. The molecule has 144 valence electrons. The van der Waals surface area contributed by atoms with Gasteiger partial charge < -0.3 is 23.8 Å². The summed E-state index contributed by atoms with van der Waals surface area (Å²) in [4.78, 5) is 26.7. The zero-order chi connectivity index (χ0) is 20.0. The van der Waals surface area contributed by atoms with Gasteiger partial charge >= 0.3 is 5.97 Å². The fourth-order valence-electron chi connectivity index (χ4n) is 2.50. The molecule has 0 radical (unpaired) electrons. The van der Waals surface area contributed by atoms with Gasteiger partial charge in [-0.15, -0.1) is 0 Å². The molecule has 0 heterocycles. The van der Waals surface area contributed by atoms with E-state index in [0.29, 0.717) is 22.8 Å². The van der Waals surface area contributed by atoms with Crippen LogP contribution in [0.4, 0.5) is 0 Å². The molecule has 0 aliphatic carbocycles. The van der Waals surface area contributed by atoms with Crippen molar-refractivity contribution in [2.24, 2.45) is 0 Å². The number of likely N-dealkylation sites (N-methyl/N-ethyl adjacent to an activating group) is 1. The number of rotatable bonds is 7. The highest BCUT2D eigenvalue weighted by Gasteiger charge is 2.28. The molecule has 0 aliphatic rings. The molecule has 0 spiro atoms. The number of esters is 1. The van der Waals surface area contributed by atoms with E-state index in [2.05, 4.69) is 0 Å². The van der Waals surface area contributed by atoms with Crippen LogP contribution in [0.2, 0.25) is 0 Å². The summed E-state index contributed by atoms with van der Waals surface area (Å²) in [7, 11) is 7.58. The van der Waals surface area contributed by atoms with Crippen LogP contribution < -0.4 is 14.2 Å². The maximum Gasteiger partial charge on any atom is 0.339 e. The lowest BCUT2D eigenvalue weighted by Crippen LogP contribution is -2.31. The van der Waals surface area contributed by atoms with Gasteiger partial charge in [-0.25, -0.2) is 4.79 Å². The molecule has 0 N–H and O–H groups in total. The Bertz CT molecular complexity index is 778. The second-order valence-electron chi connectivity index (χ2n) is 5.84. The molecule has 0 fully saturated rings. The van der Waals surface area contributed by atoms with Gasteiger partial charge in [-0.1, -0.05) is 30.3 Å². The average molecular weight is 373 g/mol. The molecule has 27 heavy (non-hydrogen) atoms. The third-order valence-electron chi connectivity index (χ3n) is 3.89. The molecule has 2 rings (SSSR count). The van der Waals surface area contributed by atoms with Crippen LogP contribution >= 0.6 is 0 Å². The zero-order valence-corrected chi connectivity index (χ0v) is 16.0. The van der Waals surface area contributed by atoms with Crippen molar-refractivity contribution in [1.29, 1.82) is 0 Å². The first-order valence-electron chi connectivity index (χ1n) is 8.20. The van der Waals surface area contributed by atoms with Crippen molar-refractivity contribution in [3.8, 4) is 17.2 Å². The number of nitrogens with zero attached hydrogens (tertiary/aromatic N) is 1. The van der Waals surface area contributed by atoms with Gasteiger partial charge in [0.25, 0.3) is 5.91 Å². The SMILES string of the molecule is COc1cc(C(=O)O[C@@H](C(=O)N(C)C)c2ccccc2)cc(OC)c1OC. The number of benzene rings is 2. The van der Waals surface area contributed by atoms with Crippen molar-refractivity contribution in [3.63, 3.8) is 0 Å². The lowest BCUT2D eigenvalue weighted by atomic mass is 10.1. The van der Waals surface area contributed by atoms with Gasteiger partial charge in [-0.2, -0.15) is 0 Å². The quantitative estimate of drug-likeness (QED) is 0.695. The number of hydrogen-bond donors (Lipinski definition) is 0. The van der Waals surface area contributed by atoms with E-state index in [1.54, 1.807) is 38.4 Å². The molecular weight excluding hydrogens is 350 g/mol. The molecule has 1 atom stereocenters. The van der Waals surface area contributed by atoms with Crippen LogP contribution in [0.15, 0.2) is 42.5 Å². The molecule has 0 bridgehead atoms. The maximum atomic E-state index is 12.7. The van der Waals surface area contributed by atoms with Crippen molar-refractivity contribution in [3.05, 3.63) is 53.6 Å². The molecule has 0 unspecified atom stereocenters. The summed E-state index contributed by atoms with van der Waals surface area (Å²) >= 11 is 0. The van der Waals surface area contributed by atoms with Crippen LogP contribution in [0, 0.1) is 0 Å². The summed E-state index contributed by atoms with van der Waals surface area (Å²) in [6.45, 7) is 0. The number of amides is 1. The first-order valence-corrected chi connectivity index (χ1v) is 8.20. The largest absolute Gasteiger partial charge is 0.493 e. The Balaban J connectivity index is 2.39. The van der Waals surface area contributed by atoms with Crippen LogP contribution in [0.5, 0.6) is 17.2 Å². The summed E-state index contributed by atoms with van der Waals surface area (Å²) in [6.07, 6.45) is -1.06. The maximum absolute atomic E-state index is 12.7. The number of ether oxygens (including phenoxy) is 4. The summed E-state index contributed by atoms with van der Waals surface area (Å²) < 4.78 is 21.3. The van der Waals surface area contributed by atoms with Crippen molar-refractivity contribution in [2.45, 2.75) is 6.10 Å². The number of carbonyl (C=O) groups is 2. The molecule has 7 nitrogen and oxygen atoms in total. The number of methoxy groups -OCH3 is 3. The third-order valence-corrected chi connectivity index (χ3v) is 3.89. The van der Waals surface area contributed by atoms with Crippen LogP contribution in [0.25, 0.3) is 0 Å². The third kappa shape index (κ3) is 4.49. The van der Waals surface area contributed by atoms with E-state index in [-0.39, 0.29) is 11.5 Å². The number of carbonyl (C=O) groups excluding carboxylic acids is 2. The van der Waals surface area contributed by atoms with Gasteiger partial charge in [0.1, 0.15) is 0 Å². The molecule has 0 aromatic heterocycles. The molecular formula is C20H23NO6. The minimum absolute atomic E-state index is 0.178. The van der Waals surface area contributed by atoms with Crippen LogP contribution in [-0.2, 0) is 9.53 Å². The summed E-state index contributed by atoms with van der Waals surface area (Å²) in [6, 6.07) is 11.8. The first kappa shape index (κ1) is 20.1. The lowest BCUT2D eigenvalue weighted by molar-refractivity contribution is -0.138. The minimum atomic E-state index is -1.06. The Hall–Kier alpha value is -3.22. The van der Waals surface area contributed by atoms with E-state index >= 15 is 0 Å². The Morgan fingerprint density at radius 2 is 1.44 bits per heavy atom. The molecule has 0 aliphatic heterocycles. The molecule has 0 saturated carbocycles. The number of hydrogen-bond acceptors (Lipinski definition) is 6. The second-order valence-corrected chi connectivity index (χ2v) is 5.84. The van der Waals surface area contributed by atoms with Crippen molar-refractivity contribution in [2.75, 3.05) is 35.4 Å². The Kier molecular flexibility index (Phi) is 6.65. The monoisotopic (exact) mass is 373 g/mol. The highest BCUT2D eigenvalue weighted by Crippen LogP contribution is 2.38. The fourth-order valence-corrected chi connectivity index (χ4v) is 2.50. The summed E-state index contributed by atoms with van der Waals surface area (Å²) in [5, 5.41) is 0. The Labute approximate surface area is 158 Å². The smallest absolute Gasteiger partial charge is 0.339 e. The molecule has 7 heteroatoms. The van der Waals surface area contributed by atoms with E-state index in [0.717, 1.165) is 0 Å². The Morgan fingerprint density at radius 3 is 1.89 bits per heavy atom. The van der Waals surface area contributed by atoms with Gasteiger partial charge in [-0.05, 0) is 12.1 Å². The van der Waals surface area contributed by atoms with Crippen molar-refractivity contribution in [1.82, 2.24) is 4.90 Å². The highest BCUT2D eigenvalue weighted by atomic mass is 16.6. The summed E-state index contributed by atoms with van der Waals surface area (Å²) in [5.74, 6) is -0.0289. The topological polar surface area (TPSA) is 74.3 Å². The normalized spacial score (nSPS) is 11.3. The predicted molar refractivity (Wildman–Crippen MR) is 99.4 cm³/mol. The molecule has 2 aromatic rings. The van der Waals surface area contributed by atoms with E-state index < -0.39 is 12.1 Å². The minimum Gasteiger partial charge on any atom is -0.493 e. The van der Waals surface area contributed by atoms with E-state index in [9.17, 15) is 9.59 Å². The molecule has 0 saturated heterocycles. The van der Waals surface area contributed by atoms with E-state index in [4.69, 9.17) is 18.9 Å². The van der Waals surface area contributed by atoms with Crippen molar-refractivity contribution >= 4 is 11.9 Å². The fraction of sp³-hybridized carbons (Fsp3) is 0.300. The standard InChI is InChI=1S/C20H23NO6/c1-21(2)19(22)17(13-9-7-6-8-10-13)27-20(23)14-11-15(24-3)18(26-5)16(12-14)25-4/h6-12,17H,1-5H3/t17-/m1/s1. The Morgan fingerprint density at radius 1 is 0.889 bits per heavy atom. The van der Waals surface area contributed by atoms with Gasteiger partial charge in [0.15, 0.2) is 11.5 Å². The predicted octanol–water partition coefficient (Wildman–Crippen LogP) is 2.70. The van der Waals surface area contributed by atoms with Crippen LogP contribution in [0.3, 0.4) is 0 Å². The van der Waals surface area contributed by atoms with E-state index in [1.165, 1.54) is 38.4 Å². The lowest BCUT2D eigenvalue weighted by Gasteiger charge is -2.21. The van der Waals surface area contributed by atoms with Crippen LogP contribution in [-0.4, -0.2) is 52.2 Å². The molecule has 2 aromatic carbocycles. The van der Waals surface area contributed by atoms with Gasteiger partial charge in [-0.3, -0.25) is 4.79 Å². The second kappa shape index (κ2) is 8.93. The first-order chi connectivity index (χ1) is 12.9. The van der Waals surface area contributed by atoms with E-state index in [1.807, 2.05) is 6.07 Å². The van der Waals surface area contributed by atoms with Crippen molar-refractivity contribution < 1.29 is 28.5 Å². The summed E-state index contributed by atoms with van der Waals surface area (Å²) in [5.41, 5.74) is 0.758. The van der Waals surface area contributed by atoms with Gasteiger partial charge in [0.2, 0.25) is 11.9 Å². The van der Waals surface area contributed by atoms with Crippen LogP contribution in [0.1, 0.15) is 22.0 Å². The average Bonchev–Trinajstić information content (AvgIpc) is 2.70. The molecule has 1 amide bonds. The van der Waals surface area contributed by atoms with Gasteiger partial charge in [0.05, 0.1) is 26.9 Å².